The van der Waals surface area contributed by atoms with Gasteiger partial charge in [-0.2, -0.15) is 13.2 Å². The predicted octanol–water partition coefficient (Wildman–Crippen LogP) is 6.90. The SMILES string of the molecule is CN(C)c1ccc(-c2ccc(-c3nc4ccc(N(CCN=[N+]=[N-])C(=O)O)cc4s3)c(C(F)(F)F)c2)cn1. The quantitative estimate of drug-likeness (QED) is 0.159. The van der Waals surface area contributed by atoms with Crippen molar-refractivity contribution in [2.75, 3.05) is 37.0 Å². The second-order valence-corrected chi connectivity index (χ2v) is 9.15. The fourth-order valence-corrected chi connectivity index (χ4v) is 4.73. The minimum atomic E-state index is -4.63. The average molecular weight is 528 g/mol. The Morgan fingerprint density at radius 3 is 2.51 bits per heavy atom. The molecular formula is C24H20F3N7O2S. The number of nitrogens with zero attached hydrogens (tertiary/aromatic N) is 7. The maximum Gasteiger partial charge on any atom is 0.417 e. The lowest BCUT2D eigenvalue weighted by Gasteiger charge is -2.18. The second kappa shape index (κ2) is 10.3. The van der Waals surface area contributed by atoms with E-state index in [-0.39, 0.29) is 23.7 Å². The zero-order valence-electron chi connectivity index (χ0n) is 19.6. The van der Waals surface area contributed by atoms with Crippen molar-refractivity contribution in [2.24, 2.45) is 5.11 Å². The minimum absolute atomic E-state index is 0.0660. The smallest absolute Gasteiger partial charge is 0.417 e. The van der Waals surface area contributed by atoms with Gasteiger partial charge in [-0.25, -0.2) is 14.8 Å². The van der Waals surface area contributed by atoms with Crippen molar-refractivity contribution in [3.63, 3.8) is 0 Å². The highest BCUT2D eigenvalue weighted by Crippen LogP contribution is 2.42. The van der Waals surface area contributed by atoms with Crippen LogP contribution in [0.2, 0.25) is 0 Å². The summed E-state index contributed by atoms with van der Waals surface area (Å²) >= 11 is 1.03. The molecule has 2 aromatic carbocycles. The molecule has 2 heterocycles. The van der Waals surface area contributed by atoms with E-state index >= 15 is 0 Å². The van der Waals surface area contributed by atoms with Gasteiger partial charge in [0.1, 0.15) is 10.8 Å². The number of alkyl halides is 3. The van der Waals surface area contributed by atoms with Crippen LogP contribution in [-0.4, -0.2) is 48.4 Å². The van der Waals surface area contributed by atoms with E-state index in [4.69, 9.17) is 5.53 Å². The second-order valence-electron chi connectivity index (χ2n) is 8.12. The van der Waals surface area contributed by atoms with E-state index in [1.165, 1.54) is 18.3 Å². The van der Waals surface area contributed by atoms with Crippen molar-refractivity contribution in [3.05, 3.63) is 70.7 Å². The highest BCUT2D eigenvalue weighted by molar-refractivity contribution is 7.21. The predicted molar refractivity (Wildman–Crippen MR) is 137 cm³/mol. The van der Waals surface area contributed by atoms with Crippen LogP contribution in [-0.2, 0) is 6.18 Å². The van der Waals surface area contributed by atoms with Gasteiger partial charge in [-0.05, 0) is 47.5 Å². The number of anilines is 2. The first-order valence-electron chi connectivity index (χ1n) is 10.9. The lowest BCUT2D eigenvalue weighted by molar-refractivity contribution is -0.137. The normalized spacial score (nSPS) is 11.3. The van der Waals surface area contributed by atoms with E-state index in [0.29, 0.717) is 32.8 Å². The first kappa shape index (κ1) is 25.7. The van der Waals surface area contributed by atoms with E-state index in [2.05, 4.69) is 20.0 Å². The Bertz CT molecular complexity index is 1500. The summed E-state index contributed by atoms with van der Waals surface area (Å²) in [4.78, 5) is 25.7. The molecule has 1 N–H and O–H groups in total. The van der Waals surface area contributed by atoms with Crippen LogP contribution in [0, 0.1) is 0 Å². The van der Waals surface area contributed by atoms with Gasteiger partial charge < -0.3 is 10.0 Å². The summed E-state index contributed by atoms with van der Waals surface area (Å²) in [7, 11) is 3.64. The maximum atomic E-state index is 14.1. The Morgan fingerprint density at radius 2 is 1.89 bits per heavy atom. The molecule has 13 heteroatoms. The number of hydrogen-bond donors (Lipinski definition) is 1. The molecule has 4 rings (SSSR count). The Labute approximate surface area is 213 Å². The number of halogens is 3. The highest BCUT2D eigenvalue weighted by atomic mass is 32.1. The molecule has 0 saturated carbocycles. The molecule has 0 saturated heterocycles. The first-order valence-corrected chi connectivity index (χ1v) is 11.7. The molecule has 0 aliphatic carbocycles. The zero-order chi connectivity index (χ0) is 26.7. The molecule has 0 unspecified atom stereocenters. The number of azide groups is 1. The third-order valence-corrected chi connectivity index (χ3v) is 6.55. The zero-order valence-corrected chi connectivity index (χ0v) is 20.5. The Hall–Kier alpha value is -4.35. The van der Waals surface area contributed by atoms with Crippen LogP contribution < -0.4 is 9.80 Å². The molecule has 0 radical (unpaired) electrons. The molecule has 0 fully saturated rings. The number of benzene rings is 2. The molecule has 9 nitrogen and oxygen atoms in total. The Kier molecular flexibility index (Phi) is 7.18. The standard InChI is InChI=1S/C24H20F3N7O2S/c1-33(2)21-8-4-15(13-29-21)14-3-6-17(18(11-14)24(25,26)27)22-31-19-7-5-16(12-20(19)37-22)34(23(35)36)10-9-30-32-28/h3-8,11-13H,9-10H2,1-2H3,(H,35,36). The highest BCUT2D eigenvalue weighted by Gasteiger charge is 2.35. The fraction of sp³-hybridized carbons (Fsp3) is 0.208. The van der Waals surface area contributed by atoms with Crippen LogP contribution >= 0.6 is 11.3 Å². The van der Waals surface area contributed by atoms with Gasteiger partial charge in [0.2, 0.25) is 0 Å². The number of rotatable bonds is 7. The lowest BCUT2D eigenvalue weighted by atomic mass is 10.00. The van der Waals surface area contributed by atoms with Gasteiger partial charge in [-0.1, -0.05) is 17.2 Å². The third kappa shape index (κ3) is 5.57. The van der Waals surface area contributed by atoms with E-state index in [9.17, 15) is 23.1 Å². The van der Waals surface area contributed by atoms with Crippen LogP contribution in [0.25, 0.3) is 42.4 Å². The van der Waals surface area contributed by atoms with Gasteiger partial charge in [-0.15, -0.1) is 11.3 Å². The molecule has 4 aromatic rings. The van der Waals surface area contributed by atoms with Crippen molar-refractivity contribution in [1.29, 1.82) is 0 Å². The van der Waals surface area contributed by atoms with Gasteiger partial charge in [0.15, 0.2) is 0 Å². The topological polar surface area (TPSA) is 118 Å². The number of carbonyl (C=O) groups is 1. The molecule has 1 amide bonds. The van der Waals surface area contributed by atoms with Crippen molar-refractivity contribution < 1.29 is 23.1 Å². The lowest BCUT2D eigenvalue weighted by Crippen LogP contribution is -2.31. The monoisotopic (exact) mass is 527 g/mol. The third-order valence-electron chi connectivity index (χ3n) is 5.50. The van der Waals surface area contributed by atoms with Crippen LogP contribution in [0.3, 0.4) is 0 Å². The van der Waals surface area contributed by atoms with Crippen molar-refractivity contribution >= 4 is 39.2 Å². The molecule has 0 atom stereocenters. The number of thiazole rings is 1. The summed E-state index contributed by atoms with van der Waals surface area (Å²) in [6.45, 7) is -0.135. The number of pyridine rings is 1. The molecule has 2 aromatic heterocycles. The number of amides is 1. The summed E-state index contributed by atoms with van der Waals surface area (Å²) in [5, 5.41) is 13.0. The summed E-state index contributed by atoms with van der Waals surface area (Å²) < 4.78 is 42.8. The molecule has 0 aliphatic heterocycles. The number of hydrogen-bond acceptors (Lipinski definition) is 6. The van der Waals surface area contributed by atoms with Crippen LogP contribution in [0.5, 0.6) is 0 Å². The van der Waals surface area contributed by atoms with E-state index in [1.807, 2.05) is 14.1 Å². The van der Waals surface area contributed by atoms with Gasteiger partial charge in [0.25, 0.3) is 0 Å². The largest absolute Gasteiger partial charge is 0.465 e. The van der Waals surface area contributed by atoms with Crippen molar-refractivity contribution in [2.45, 2.75) is 6.18 Å². The number of fused-ring (bicyclic) bond motifs is 1. The van der Waals surface area contributed by atoms with E-state index in [0.717, 1.165) is 22.3 Å². The van der Waals surface area contributed by atoms with Gasteiger partial charge in [0.05, 0.1) is 15.8 Å². The number of aromatic nitrogens is 2. The summed E-state index contributed by atoms with van der Waals surface area (Å²) in [6, 6.07) is 12.1. The van der Waals surface area contributed by atoms with Crippen molar-refractivity contribution in [3.8, 4) is 21.7 Å². The van der Waals surface area contributed by atoms with Gasteiger partial charge in [-0.3, -0.25) is 4.90 Å². The summed E-state index contributed by atoms with van der Waals surface area (Å²) in [5.74, 6) is 0.685. The molecule has 37 heavy (non-hydrogen) atoms. The van der Waals surface area contributed by atoms with E-state index in [1.54, 1.807) is 35.2 Å². The molecule has 0 bridgehead atoms. The van der Waals surface area contributed by atoms with Gasteiger partial charge in [0, 0.05) is 55.1 Å². The van der Waals surface area contributed by atoms with Crippen LogP contribution in [0.4, 0.5) is 29.5 Å². The minimum Gasteiger partial charge on any atom is -0.465 e. The van der Waals surface area contributed by atoms with Gasteiger partial charge >= 0.3 is 12.3 Å². The first-order chi connectivity index (χ1) is 17.6. The number of carboxylic acid groups (broad SMARTS) is 1. The molecule has 0 aliphatic rings. The molecule has 190 valence electrons. The average Bonchev–Trinajstić information content (AvgIpc) is 3.29. The Balaban J connectivity index is 1.74. The van der Waals surface area contributed by atoms with E-state index < -0.39 is 17.8 Å². The van der Waals surface area contributed by atoms with Crippen LogP contribution in [0.1, 0.15) is 5.56 Å². The summed E-state index contributed by atoms with van der Waals surface area (Å²) in [5.41, 5.74) is 9.18. The summed E-state index contributed by atoms with van der Waals surface area (Å²) in [6.07, 6.45) is -4.35. The Morgan fingerprint density at radius 1 is 1.14 bits per heavy atom. The maximum absolute atomic E-state index is 14.1. The molecular weight excluding hydrogens is 507 g/mol. The molecule has 0 spiro atoms. The fourth-order valence-electron chi connectivity index (χ4n) is 3.69. The van der Waals surface area contributed by atoms with Crippen molar-refractivity contribution in [1.82, 2.24) is 9.97 Å². The van der Waals surface area contributed by atoms with Crippen LogP contribution in [0.15, 0.2) is 59.8 Å².